The molecule has 0 spiro atoms. The second-order valence-electron chi connectivity index (χ2n) is 2.93. The van der Waals surface area contributed by atoms with Crippen LogP contribution in [0, 0.1) is 5.92 Å². The molecule has 12 heavy (non-hydrogen) atoms. The molecule has 0 saturated carbocycles. The minimum absolute atomic E-state index is 0.0106. The van der Waals surface area contributed by atoms with Gasteiger partial charge in [-0.25, -0.2) is 4.79 Å². The van der Waals surface area contributed by atoms with Gasteiger partial charge in [0.15, 0.2) is 6.04 Å². The summed E-state index contributed by atoms with van der Waals surface area (Å²) in [6.07, 6.45) is 5.68. The summed E-state index contributed by atoms with van der Waals surface area (Å²) in [5.74, 6) is -0.955. The van der Waals surface area contributed by atoms with Crippen LogP contribution in [0.2, 0.25) is 0 Å². The molecule has 2 heterocycles. The molecule has 0 bridgehead atoms. The SMILES string of the molecule is O=C(O)C1N=CCC2OC=CC21. The molecule has 2 aliphatic heterocycles. The van der Waals surface area contributed by atoms with Gasteiger partial charge in [-0.2, -0.15) is 0 Å². The molecule has 0 amide bonds. The summed E-state index contributed by atoms with van der Waals surface area (Å²) in [6, 6.07) is -0.650. The van der Waals surface area contributed by atoms with Gasteiger partial charge in [0, 0.05) is 12.6 Å². The summed E-state index contributed by atoms with van der Waals surface area (Å²) in [5, 5.41) is 8.78. The second kappa shape index (κ2) is 2.62. The largest absolute Gasteiger partial charge is 0.497 e. The van der Waals surface area contributed by atoms with Crippen molar-refractivity contribution in [3.8, 4) is 0 Å². The van der Waals surface area contributed by atoms with Crippen molar-refractivity contribution in [2.45, 2.75) is 18.6 Å². The molecule has 0 aliphatic carbocycles. The zero-order valence-electron chi connectivity index (χ0n) is 6.38. The molecular weight excluding hydrogens is 158 g/mol. The third-order valence-corrected chi connectivity index (χ3v) is 2.20. The molecule has 3 unspecified atom stereocenters. The van der Waals surface area contributed by atoms with Crippen molar-refractivity contribution in [3.05, 3.63) is 12.3 Å². The zero-order chi connectivity index (χ0) is 8.55. The highest BCUT2D eigenvalue weighted by Crippen LogP contribution is 2.28. The molecule has 1 N–H and O–H groups in total. The first-order valence-electron chi connectivity index (χ1n) is 3.85. The number of hydrogen-bond acceptors (Lipinski definition) is 3. The summed E-state index contributed by atoms with van der Waals surface area (Å²) >= 11 is 0. The van der Waals surface area contributed by atoms with Gasteiger partial charge in [0.2, 0.25) is 0 Å². The van der Waals surface area contributed by atoms with Crippen LogP contribution >= 0.6 is 0 Å². The van der Waals surface area contributed by atoms with Crippen molar-refractivity contribution in [3.63, 3.8) is 0 Å². The van der Waals surface area contributed by atoms with E-state index < -0.39 is 12.0 Å². The molecule has 0 fully saturated rings. The highest BCUT2D eigenvalue weighted by Gasteiger charge is 2.37. The first-order chi connectivity index (χ1) is 5.79. The second-order valence-corrected chi connectivity index (χ2v) is 2.93. The Hall–Kier alpha value is -1.32. The lowest BCUT2D eigenvalue weighted by molar-refractivity contribution is -0.140. The van der Waals surface area contributed by atoms with Gasteiger partial charge >= 0.3 is 5.97 Å². The zero-order valence-corrected chi connectivity index (χ0v) is 6.38. The van der Waals surface area contributed by atoms with Crippen LogP contribution in [-0.2, 0) is 9.53 Å². The molecule has 0 saturated heterocycles. The van der Waals surface area contributed by atoms with Gasteiger partial charge in [-0.1, -0.05) is 0 Å². The van der Waals surface area contributed by atoms with Gasteiger partial charge in [0.25, 0.3) is 0 Å². The fourth-order valence-electron chi connectivity index (χ4n) is 1.58. The Kier molecular flexibility index (Phi) is 1.60. The monoisotopic (exact) mass is 167 g/mol. The molecule has 0 aromatic heterocycles. The molecule has 2 aliphatic rings. The third kappa shape index (κ3) is 0.995. The fourth-order valence-corrected chi connectivity index (χ4v) is 1.58. The van der Waals surface area contributed by atoms with E-state index in [0.29, 0.717) is 6.42 Å². The van der Waals surface area contributed by atoms with E-state index in [2.05, 4.69) is 4.99 Å². The van der Waals surface area contributed by atoms with Crippen molar-refractivity contribution < 1.29 is 14.6 Å². The maximum absolute atomic E-state index is 10.7. The van der Waals surface area contributed by atoms with Gasteiger partial charge in [0.1, 0.15) is 6.10 Å². The van der Waals surface area contributed by atoms with Crippen LogP contribution in [0.4, 0.5) is 0 Å². The lowest BCUT2D eigenvalue weighted by atomic mass is 9.91. The Labute approximate surface area is 69.6 Å². The highest BCUT2D eigenvalue weighted by atomic mass is 16.5. The van der Waals surface area contributed by atoms with Crippen LogP contribution in [0.1, 0.15) is 6.42 Å². The lowest BCUT2D eigenvalue weighted by Crippen LogP contribution is -2.36. The van der Waals surface area contributed by atoms with E-state index in [9.17, 15) is 4.79 Å². The number of aliphatic carboxylic acids is 1. The molecule has 0 aromatic carbocycles. The molecule has 64 valence electrons. The third-order valence-electron chi connectivity index (χ3n) is 2.20. The van der Waals surface area contributed by atoms with E-state index in [-0.39, 0.29) is 12.0 Å². The van der Waals surface area contributed by atoms with E-state index in [1.807, 2.05) is 0 Å². The van der Waals surface area contributed by atoms with Crippen molar-refractivity contribution in [1.29, 1.82) is 0 Å². The highest BCUT2D eigenvalue weighted by molar-refractivity contribution is 5.78. The number of fused-ring (bicyclic) bond motifs is 1. The Morgan fingerprint density at radius 3 is 3.25 bits per heavy atom. The first-order valence-corrected chi connectivity index (χ1v) is 3.85. The summed E-state index contributed by atoms with van der Waals surface area (Å²) in [5.41, 5.74) is 0. The number of ether oxygens (including phenoxy) is 1. The van der Waals surface area contributed by atoms with Crippen LogP contribution in [0.25, 0.3) is 0 Å². The standard InChI is InChI=1S/C8H9NO3/c10-8(11)7-5-2-4-12-6(5)1-3-9-7/h2-7H,1H2,(H,10,11). The Morgan fingerprint density at radius 1 is 1.67 bits per heavy atom. The number of carbonyl (C=O) groups is 1. The van der Waals surface area contributed by atoms with Crippen LogP contribution < -0.4 is 0 Å². The molecule has 3 atom stereocenters. The van der Waals surface area contributed by atoms with Gasteiger partial charge in [-0.3, -0.25) is 4.99 Å². The predicted octanol–water partition coefficient (Wildman–Crippen LogP) is 0.443. The van der Waals surface area contributed by atoms with Crippen LogP contribution in [-0.4, -0.2) is 29.4 Å². The summed E-state index contributed by atoms with van der Waals surface area (Å²) in [4.78, 5) is 14.6. The number of hydrogen-bond donors (Lipinski definition) is 1. The molecule has 4 nitrogen and oxygen atoms in total. The first kappa shape index (κ1) is 7.34. The maximum atomic E-state index is 10.7. The molecule has 0 aromatic rings. The van der Waals surface area contributed by atoms with Gasteiger partial charge in [-0.15, -0.1) is 0 Å². The van der Waals surface area contributed by atoms with E-state index in [4.69, 9.17) is 9.84 Å². The summed E-state index contributed by atoms with van der Waals surface area (Å²) < 4.78 is 5.20. The van der Waals surface area contributed by atoms with E-state index >= 15 is 0 Å². The van der Waals surface area contributed by atoms with Crippen LogP contribution in [0.15, 0.2) is 17.3 Å². The average molecular weight is 167 g/mol. The van der Waals surface area contributed by atoms with Crippen molar-refractivity contribution in [2.75, 3.05) is 0 Å². The maximum Gasteiger partial charge on any atom is 0.329 e. The van der Waals surface area contributed by atoms with Gasteiger partial charge in [0.05, 0.1) is 12.2 Å². The molecule has 4 heteroatoms. The normalized spacial score (nSPS) is 37.5. The quantitative estimate of drug-likeness (QED) is 0.616. The lowest BCUT2D eigenvalue weighted by Gasteiger charge is -2.24. The summed E-state index contributed by atoms with van der Waals surface area (Å²) in [6.45, 7) is 0. The van der Waals surface area contributed by atoms with Crippen LogP contribution in [0.3, 0.4) is 0 Å². The van der Waals surface area contributed by atoms with Crippen LogP contribution in [0.5, 0.6) is 0 Å². The van der Waals surface area contributed by atoms with E-state index in [1.54, 1.807) is 18.6 Å². The topological polar surface area (TPSA) is 58.9 Å². The predicted molar refractivity (Wildman–Crippen MR) is 42.0 cm³/mol. The molecule has 0 radical (unpaired) electrons. The Bertz CT molecular complexity index is 259. The number of rotatable bonds is 1. The van der Waals surface area contributed by atoms with Crippen molar-refractivity contribution >= 4 is 12.2 Å². The molecular formula is C8H9NO3. The Morgan fingerprint density at radius 2 is 2.50 bits per heavy atom. The Balaban J connectivity index is 2.22. The fraction of sp³-hybridized carbons (Fsp3) is 0.500. The number of carboxylic acid groups (broad SMARTS) is 1. The minimum atomic E-state index is -0.879. The van der Waals surface area contributed by atoms with E-state index in [0.717, 1.165) is 0 Å². The number of nitrogens with zero attached hydrogens (tertiary/aromatic N) is 1. The van der Waals surface area contributed by atoms with Crippen molar-refractivity contribution in [2.24, 2.45) is 10.9 Å². The molecule has 2 rings (SSSR count). The minimum Gasteiger partial charge on any atom is -0.497 e. The van der Waals surface area contributed by atoms with E-state index in [1.165, 1.54) is 0 Å². The van der Waals surface area contributed by atoms with Crippen molar-refractivity contribution in [1.82, 2.24) is 0 Å². The summed E-state index contributed by atoms with van der Waals surface area (Å²) in [7, 11) is 0. The number of carboxylic acids is 1. The number of aliphatic imine (C=N–C) groups is 1. The smallest absolute Gasteiger partial charge is 0.329 e. The van der Waals surface area contributed by atoms with Gasteiger partial charge < -0.3 is 9.84 Å². The average Bonchev–Trinajstić information content (AvgIpc) is 2.49. The van der Waals surface area contributed by atoms with Gasteiger partial charge in [-0.05, 0) is 6.08 Å².